The number of nitrogens with one attached hydrogen (secondary N) is 1. The van der Waals surface area contributed by atoms with Crippen molar-refractivity contribution in [3.8, 4) is 11.3 Å². The standard InChI is InChI=1S/C20H25N5O3.2H2/c1-20(2,27)16-4-3-14(9-21-16)15-10-22-18-19(24-15)25(17(26)11-23-18)12-13-5-7-28-8-6-13;;/h3-4,9-10,13,27H,5-8,11-12H2,1-2H3,(H,22,23);2*1H. The average Bonchev–Trinajstić information content (AvgIpc) is 2.70. The summed E-state index contributed by atoms with van der Waals surface area (Å²) in [4.78, 5) is 27.8. The van der Waals surface area contributed by atoms with Gasteiger partial charge in [-0.25, -0.2) is 9.97 Å². The highest BCUT2D eigenvalue weighted by Crippen LogP contribution is 2.30. The summed E-state index contributed by atoms with van der Waals surface area (Å²) >= 11 is 0. The summed E-state index contributed by atoms with van der Waals surface area (Å²) in [5, 5.41) is 13.1. The predicted molar refractivity (Wildman–Crippen MR) is 109 cm³/mol. The second-order valence-corrected chi connectivity index (χ2v) is 7.83. The summed E-state index contributed by atoms with van der Waals surface area (Å²) in [6, 6.07) is 3.64. The number of nitrogens with zero attached hydrogens (tertiary/aromatic N) is 4. The molecular formula is C20H29N5O3. The molecule has 152 valence electrons. The van der Waals surface area contributed by atoms with Gasteiger partial charge in [-0.05, 0) is 44.7 Å². The SMILES string of the molecule is CC(C)(O)c1ccc(-c2cnc3c(n2)N(CC2CCOCC2)C(=O)CN3)cn1.[HH].[HH]. The zero-order chi connectivity index (χ0) is 19.7. The van der Waals surface area contributed by atoms with Gasteiger partial charge in [-0.1, -0.05) is 0 Å². The molecule has 0 saturated carbocycles. The maximum atomic E-state index is 12.6. The maximum Gasteiger partial charge on any atom is 0.247 e. The van der Waals surface area contributed by atoms with Crippen molar-refractivity contribution in [3.05, 3.63) is 30.2 Å². The van der Waals surface area contributed by atoms with Crippen LogP contribution in [0.4, 0.5) is 11.6 Å². The monoisotopic (exact) mass is 387 g/mol. The van der Waals surface area contributed by atoms with Gasteiger partial charge in [-0.15, -0.1) is 0 Å². The van der Waals surface area contributed by atoms with Crippen molar-refractivity contribution in [2.45, 2.75) is 32.3 Å². The molecule has 4 heterocycles. The number of aromatic nitrogens is 3. The highest BCUT2D eigenvalue weighted by atomic mass is 16.5. The van der Waals surface area contributed by atoms with E-state index in [1.165, 1.54) is 0 Å². The van der Waals surface area contributed by atoms with Gasteiger partial charge >= 0.3 is 0 Å². The fourth-order valence-electron chi connectivity index (χ4n) is 3.49. The Kier molecular flexibility index (Phi) is 4.99. The van der Waals surface area contributed by atoms with Crippen LogP contribution in [0.15, 0.2) is 24.5 Å². The fourth-order valence-corrected chi connectivity index (χ4v) is 3.49. The number of rotatable bonds is 4. The molecule has 2 aromatic rings. The molecule has 2 aliphatic rings. The van der Waals surface area contributed by atoms with E-state index >= 15 is 0 Å². The Morgan fingerprint density at radius 3 is 2.75 bits per heavy atom. The number of carbonyl (C=O) groups is 1. The second-order valence-electron chi connectivity index (χ2n) is 7.83. The topological polar surface area (TPSA) is 100 Å². The minimum absolute atomic E-state index is 0. The number of hydrogen-bond donors (Lipinski definition) is 2. The molecule has 8 nitrogen and oxygen atoms in total. The van der Waals surface area contributed by atoms with E-state index in [0.29, 0.717) is 35.5 Å². The van der Waals surface area contributed by atoms with Gasteiger partial charge in [0.25, 0.3) is 0 Å². The summed E-state index contributed by atoms with van der Waals surface area (Å²) in [6.07, 6.45) is 5.24. The van der Waals surface area contributed by atoms with E-state index in [1.54, 1.807) is 37.2 Å². The van der Waals surface area contributed by atoms with Gasteiger partial charge in [-0.2, -0.15) is 0 Å². The third-order valence-corrected chi connectivity index (χ3v) is 5.19. The van der Waals surface area contributed by atoms with Crippen molar-refractivity contribution < 1.29 is 17.5 Å². The molecule has 8 heteroatoms. The molecule has 1 amide bonds. The average molecular weight is 387 g/mol. The van der Waals surface area contributed by atoms with Crippen molar-refractivity contribution >= 4 is 17.5 Å². The van der Waals surface area contributed by atoms with Gasteiger partial charge in [0.05, 0.1) is 24.1 Å². The minimum Gasteiger partial charge on any atom is -0.384 e. The molecular weight excluding hydrogens is 358 g/mol. The molecule has 2 aromatic heterocycles. The minimum atomic E-state index is -1.00. The van der Waals surface area contributed by atoms with Crippen molar-refractivity contribution in [3.63, 3.8) is 0 Å². The lowest BCUT2D eigenvalue weighted by molar-refractivity contribution is -0.117. The van der Waals surface area contributed by atoms with E-state index in [-0.39, 0.29) is 15.3 Å². The summed E-state index contributed by atoms with van der Waals surface area (Å²) in [5.74, 6) is 1.59. The fraction of sp³-hybridized carbons (Fsp3) is 0.500. The third kappa shape index (κ3) is 3.83. The van der Waals surface area contributed by atoms with Crippen LogP contribution in [0.2, 0.25) is 0 Å². The Bertz CT molecular complexity index is 868. The number of anilines is 2. The Morgan fingerprint density at radius 1 is 1.29 bits per heavy atom. The molecule has 0 radical (unpaired) electrons. The first-order valence-electron chi connectivity index (χ1n) is 9.60. The highest BCUT2D eigenvalue weighted by molar-refractivity contribution is 6.00. The van der Waals surface area contributed by atoms with Crippen molar-refractivity contribution in [1.29, 1.82) is 0 Å². The van der Waals surface area contributed by atoms with Gasteiger partial charge in [0.15, 0.2) is 11.6 Å². The molecule has 4 rings (SSSR count). The molecule has 0 spiro atoms. The first kappa shape index (κ1) is 18.8. The molecule has 0 atom stereocenters. The Hall–Kier alpha value is -2.58. The van der Waals surface area contributed by atoms with Crippen LogP contribution >= 0.6 is 0 Å². The van der Waals surface area contributed by atoms with Gasteiger partial charge in [0.2, 0.25) is 5.91 Å². The van der Waals surface area contributed by atoms with E-state index in [1.807, 2.05) is 6.07 Å². The van der Waals surface area contributed by atoms with E-state index in [9.17, 15) is 9.90 Å². The maximum absolute atomic E-state index is 12.6. The largest absolute Gasteiger partial charge is 0.384 e. The van der Waals surface area contributed by atoms with Gasteiger partial charge in [-0.3, -0.25) is 14.7 Å². The number of ether oxygens (including phenoxy) is 1. The zero-order valence-corrected chi connectivity index (χ0v) is 16.2. The van der Waals surface area contributed by atoms with Crippen LogP contribution in [-0.2, 0) is 15.1 Å². The van der Waals surface area contributed by atoms with Crippen LogP contribution in [-0.4, -0.2) is 52.3 Å². The summed E-state index contributed by atoms with van der Waals surface area (Å²) in [7, 11) is 0. The third-order valence-electron chi connectivity index (χ3n) is 5.19. The normalized spacial score (nSPS) is 18.0. The number of hydrogen-bond acceptors (Lipinski definition) is 7. The Morgan fingerprint density at radius 2 is 2.07 bits per heavy atom. The van der Waals surface area contributed by atoms with Gasteiger partial charge < -0.3 is 15.2 Å². The van der Waals surface area contributed by atoms with E-state index in [4.69, 9.17) is 9.72 Å². The summed E-state index contributed by atoms with van der Waals surface area (Å²) in [5.41, 5.74) is 1.01. The smallest absolute Gasteiger partial charge is 0.247 e. The van der Waals surface area contributed by atoms with Gasteiger partial charge in [0, 0.05) is 34.4 Å². The molecule has 0 aliphatic carbocycles. The van der Waals surface area contributed by atoms with Crippen LogP contribution in [0.5, 0.6) is 0 Å². The highest BCUT2D eigenvalue weighted by Gasteiger charge is 2.30. The Balaban J connectivity index is 0.00000160. The molecule has 2 aliphatic heterocycles. The number of amides is 1. The first-order chi connectivity index (χ1) is 13.4. The lowest BCUT2D eigenvalue weighted by Crippen LogP contribution is -2.44. The lowest BCUT2D eigenvalue weighted by atomic mass is 9.99. The van der Waals surface area contributed by atoms with Crippen molar-refractivity contribution in [1.82, 2.24) is 15.0 Å². The molecule has 28 heavy (non-hydrogen) atoms. The zero-order valence-electron chi connectivity index (χ0n) is 16.2. The van der Waals surface area contributed by atoms with Crippen molar-refractivity contribution in [2.24, 2.45) is 5.92 Å². The molecule has 2 N–H and O–H groups in total. The predicted octanol–water partition coefficient (Wildman–Crippen LogP) is 2.44. The van der Waals surface area contributed by atoms with E-state index < -0.39 is 5.60 Å². The van der Waals surface area contributed by atoms with Crippen LogP contribution in [0.3, 0.4) is 0 Å². The molecule has 1 saturated heterocycles. The van der Waals surface area contributed by atoms with E-state index in [2.05, 4.69) is 15.3 Å². The van der Waals surface area contributed by atoms with Crippen LogP contribution in [0, 0.1) is 5.92 Å². The quantitative estimate of drug-likeness (QED) is 0.831. The second kappa shape index (κ2) is 7.44. The van der Waals surface area contributed by atoms with Crippen LogP contribution in [0.1, 0.15) is 35.2 Å². The number of pyridine rings is 1. The number of aliphatic hydroxyl groups is 1. The summed E-state index contributed by atoms with van der Waals surface area (Å²) < 4.78 is 5.43. The van der Waals surface area contributed by atoms with Crippen molar-refractivity contribution in [2.75, 3.05) is 36.5 Å². The number of carbonyl (C=O) groups excluding carboxylic acids is 1. The molecule has 0 bridgehead atoms. The molecule has 0 aromatic carbocycles. The summed E-state index contributed by atoms with van der Waals surface area (Å²) in [6.45, 7) is 5.72. The van der Waals surface area contributed by atoms with E-state index in [0.717, 1.165) is 31.6 Å². The van der Waals surface area contributed by atoms with Crippen LogP contribution < -0.4 is 10.2 Å². The van der Waals surface area contributed by atoms with Gasteiger partial charge in [0.1, 0.15) is 5.60 Å². The lowest BCUT2D eigenvalue weighted by Gasteiger charge is -2.32. The molecule has 1 fully saturated rings. The number of fused-ring (bicyclic) bond motifs is 1. The molecule has 0 unspecified atom stereocenters. The Labute approximate surface area is 166 Å². The van der Waals surface area contributed by atoms with Crippen LogP contribution in [0.25, 0.3) is 11.3 Å². The first-order valence-corrected chi connectivity index (χ1v) is 9.60.